The van der Waals surface area contributed by atoms with E-state index in [4.69, 9.17) is 0 Å². The number of amides is 1. The summed E-state index contributed by atoms with van der Waals surface area (Å²) in [5.74, 6) is 0.906. The number of fused-ring (bicyclic) bond motifs is 1. The lowest BCUT2D eigenvalue weighted by atomic mass is 9.53. The number of benzene rings is 3. The molecule has 2 unspecified atom stereocenters. The van der Waals surface area contributed by atoms with E-state index in [1.165, 1.54) is 22.3 Å². The summed E-state index contributed by atoms with van der Waals surface area (Å²) in [6.07, 6.45) is 2.16. The van der Waals surface area contributed by atoms with Crippen LogP contribution in [0.25, 0.3) is 0 Å². The van der Waals surface area contributed by atoms with Crippen LogP contribution in [0.4, 0.5) is 5.69 Å². The predicted molar refractivity (Wildman–Crippen MR) is 114 cm³/mol. The third-order valence-electron chi connectivity index (χ3n) is 6.55. The quantitative estimate of drug-likeness (QED) is 0.607. The lowest BCUT2D eigenvalue weighted by Gasteiger charge is -2.50. The lowest BCUT2D eigenvalue weighted by Crippen LogP contribution is -2.45. The molecule has 140 valence electrons. The van der Waals surface area contributed by atoms with E-state index >= 15 is 0 Å². The van der Waals surface area contributed by atoms with Gasteiger partial charge in [-0.3, -0.25) is 4.79 Å². The first-order valence-electron chi connectivity index (χ1n) is 10.3. The van der Waals surface area contributed by atoms with Gasteiger partial charge in [0.1, 0.15) is 0 Å². The summed E-state index contributed by atoms with van der Waals surface area (Å²) in [6, 6.07) is 27.4. The number of nitrogens with one attached hydrogen (secondary N) is 1. The van der Waals surface area contributed by atoms with Gasteiger partial charge in [-0.15, -0.1) is 0 Å². The van der Waals surface area contributed by atoms with Gasteiger partial charge in [-0.2, -0.15) is 0 Å². The van der Waals surface area contributed by atoms with Crippen LogP contribution in [0.15, 0.2) is 78.9 Å². The molecule has 0 aromatic heterocycles. The van der Waals surface area contributed by atoms with E-state index in [-0.39, 0.29) is 17.7 Å². The molecule has 2 heteroatoms. The summed E-state index contributed by atoms with van der Waals surface area (Å²) in [6.45, 7) is 2.23. The summed E-state index contributed by atoms with van der Waals surface area (Å²) < 4.78 is 0. The first-order chi connectivity index (χ1) is 13.8. The first kappa shape index (κ1) is 17.2. The summed E-state index contributed by atoms with van der Waals surface area (Å²) >= 11 is 0. The van der Waals surface area contributed by atoms with Crippen molar-refractivity contribution in [3.63, 3.8) is 0 Å². The van der Waals surface area contributed by atoms with Crippen LogP contribution >= 0.6 is 0 Å². The van der Waals surface area contributed by atoms with E-state index in [1.54, 1.807) is 0 Å². The summed E-state index contributed by atoms with van der Waals surface area (Å²) in [5.41, 5.74) is 6.41. The Labute approximate surface area is 166 Å². The molecule has 28 heavy (non-hydrogen) atoms. The summed E-state index contributed by atoms with van der Waals surface area (Å²) in [7, 11) is 0. The average molecular weight is 367 g/mol. The predicted octanol–water partition coefficient (Wildman–Crippen LogP) is 5.95. The molecule has 2 bridgehead atoms. The fourth-order valence-corrected chi connectivity index (χ4v) is 5.56. The zero-order valence-corrected chi connectivity index (χ0v) is 16.1. The van der Waals surface area contributed by atoms with Crippen molar-refractivity contribution in [3.8, 4) is 0 Å². The van der Waals surface area contributed by atoms with Gasteiger partial charge in [-0.1, -0.05) is 80.1 Å². The van der Waals surface area contributed by atoms with E-state index in [2.05, 4.69) is 60.8 Å². The van der Waals surface area contributed by atoms with Crippen molar-refractivity contribution in [2.45, 2.75) is 31.6 Å². The average Bonchev–Trinajstić information content (AvgIpc) is 2.74. The van der Waals surface area contributed by atoms with Crippen LogP contribution in [0.2, 0.25) is 0 Å². The minimum atomic E-state index is -0.0324. The van der Waals surface area contributed by atoms with E-state index < -0.39 is 0 Å². The largest absolute Gasteiger partial charge is 0.326 e. The van der Waals surface area contributed by atoms with Crippen molar-refractivity contribution in [1.82, 2.24) is 0 Å². The van der Waals surface area contributed by atoms with Gasteiger partial charge >= 0.3 is 0 Å². The second-order valence-electron chi connectivity index (χ2n) is 8.05. The topological polar surface area (TPSA) is 29.1 Å². The lowest BCUT2D eigenvalue weighted by molar-refractivity contribution is -0.123. The highest BCUT2D eigenvalue weighted by molar-refractivity contribution is 5.94. The monoisotopic (exact) mass is 367 g/mol. The molecule has 0 fully saturated rings. The van der Waals surface area contributed by atoms with Gasteiger partial charge in [-0.25, -0.2) is 0 Å². The molecule has 3 aliphatic carbocycles. The number of anilines is 1. The molecular weight excluding hydrogens is 342 g/mol. The maximum atomic E-state index is 13.6. The molecule has 3 aliphatic rings. The summed E-state index contributed by atoms with van der Waals surface area (Å²) in [5, 5.41) is 3.21. The molecule has 1 N–H and O–H groups in total. The highest BCUT2D eigenvalue weighted by Gasteiger charge is 2.51. The molecule has 2 atom stereocenters. The maximum Gasteiger partial charge on any atom is 0.228 e. The van der Waals surface area contributed by atoms with Crippen molar-refractivity contribution in [2.24, 2.45) is 11.8 Å². The Hall–Kier alpha value is -2.87. The van der Waals surface area contributed by atoms with Crippen LogP contribution in [0, 0.1) is 11.8 Å². The Kier molecular flexibility index (Phi) is 4.27. The van der Waals surface area contributed by atoms with Crippen molar-refractivity contribution >= 4 is 11.6 Å². The number of carbonyl (C=O) groups is 1. The van der Waals surface area contributed by atoms with E-state index in [9.17, 15) is 4.79 Å². The first-order valence-corrected chi connectivity index (χ1v) is 10.3. The van der Waals surface area contributed by atoms with Gasteiger partial charge in [0.05, 0.1) is 5.92 Å². The molecule has 0 spiro atoms. The number of carbonyl (C=O) groups excluding carboxylic acids is 1. The molecule has 2 nitrogen and oxygen atoms in total. The third-order valence-corrected chi connectivity index (χ3v) is 6.55. The molecule has 0 aliphatic heterocycles. The minimum Gasteiger partial charge on any atom is -0.326 e. The van der Waals surface area contributed by atoms with Crippen LogP contribution in [0.3, 0.4) is 0 Å². The minimum absolute atomic E-state index is 0.0324. The van der Waals surface area contributed by atoms with Crippen LogP contribution in [-0.2, 0) is 4.79 Å². The standard InChI is InChI=1S/C26H25NO/c1-2-10-22-23-18-13-6-8-15-20(18)24(21-16-9-7-14-19(21)23)25(22)26(28)27-17-11-4-3-5-12-17/h3-9,11-16,22-25H,2,10H2,1H3,(H,27,28). The molecule has 6 rings (SSSR count). The highest BCUT2D eigenvalue weighted by atomic mass is 16.1. The number of para-hydroxylation sites is 1. The molecule has 0 heterocycles. The maximum absolute atomic E-state index is 13.6. The van der Waals surface area contributed by atoms with Crippen LogP contribution < -0.4 is 5.32 Å². The number of hydrogen-bond donors (Lipinski definition) is 1. The molecule has 1 amide bonds. The second kappa shape index (κ2) is 6.94. The summed E-state index contributed by atoms with van der Waals surface area (Å²) in [4.78, 5) is 13.6. The van der Waals surface area contributed by atoms with Gasteiger partial charge in [0.2, 0.25) is 5.91 Å². The van der Waals surface area contributed by atoms with Crippen molar-refractivity contribution < 1.29 is 4.79 Å². The van der Waals surface area contributed by atoms with Crippen molar-refractivity contribution in [3.05, 3.63) is 101 Å². The number of hydrogen-bond acceptors (Lipinski definition) is 1. The highest BCUT2D eigenvalue weighted by Crippen LogP contribution is 2.59. The molecule has 3 aromatic carbocycles. The molecule has 0 saturated carbocycles. The SMILES string of the molecule is CCCC1C2c3ccccc3C(c3ccccc32)C1C(=O)Nc1ccccc1. The van der Waals surface area contributed by atoms with Crippen molar-refractivity contribution in [1.29, 1.82) is 0 Å². The zero-order valence-electron chi connectivity index (χ0n) is 16.1. The van der Waals surface area contributed by atoms with Crippen LogP contribution in [0.1, 0.15) is 53.9 Å². The third kappa shape index (κ3) is 2.59. The van der Waals surface area contributed by atoms with Gasteiger partial charge in [-0.05, 0) is 46.7 Å². The zero-order chi connectivity index (χ0) is 19.1. The van der Waals surface area contributed by atoms with Gasteiger partial charge in [0, 0.05) is 17.5 Å². The Morgan fingerprint density at radius 1 is 0.750 bits per heavy atom. The number of rotatable bonds is 4. The Bertz CT molecular complexity index is 962. The normalized spacial score (nSPS) is 24.3. The smallest absolute Gasteiger partial charge is 0.228 e. The second-order valence-corrected chi connectivity index (χ2v) is 8.05. The molecule has 0 radical (unpaired) electrons. The molecule has 0 saturated heterocycles. The van der Waals surface area contributed by atoms with Crippen molar-refractivity contribution in [2.75, 3.05) is 5.32 Å². The van der Waals surface area contributed by atoms with Crippen LogP contribution in [-0.4, -0.2) is 5.91 Å². The fraction of sp³-hybridized carbons (Fsp3) is 0.269. The Morgan fingerprint density at radius 2 is 1.25 bits per heavy atom. The van der Waals surface area contributed by atoms with E-state index in [1.807, 2.05) is 30.3 Å². The Balaban J connectivity index is 1.64. The van der Waals surface area contributed by atoms with Gasteiger partial charge in [0.25, 0.3) is 0 Å². The van der Waals surface area contributed by atoms with Gasteiger partial charge < -0.3 is 5.32 Å². The Morgan fingerprint density at radius 3 is 1.79 bits per heavy atom. The van der Waals surface area contributed by atoms with Crippen LogP contribution in [0.5, 0.6) is 0 Å². The molecule has 3 aromatic rings. The molecular formula is C26H25NO. The van der Waals surface area contributed by atoms with Gasteiger partial charge in [0.15, 0.2) is 0 Å². The fourth-order valence-electron chi connectivity index (χ4n) is 5.56. The van der Waals surface area contributed by atoms with E-state index in [0.717, 1.165) is 18.5 Å². The van der Waals surface area contributed by atoms with E-state index in [0.29, 0.717) is 11.8 Å².